The second kappa shape index (κ2) is 4.62. The first kappa shape index (κ1) is 11.3. The Bertz CT molecular complexity index is 344. The number of halogens is 1. The lowest BCUT2D eigenvalue weighted by molar-refractivity contribution is 0.232. The van der Waals surface area contributed by atoms with Gasteiger partial charge in [0.25, 0.3) is 5.56 Å². The van der Waals surface area contributed by atoms with Crippen LogP contribution in [0.5, 0.6) is 0 Å². The largest absolute Gasteiger partial charge is 0.328 e. The minimum Gasteiger partial charge on any atom is -0.328 e. The van der Waals surface area contributed by atoms with Gasteiger partial charge in [0.2, 0.25) is 0 Å². The van der Waals surface area contributed by atoms with Crippen molar-refractivity contribution in [2.75, 3.05) is 0 Å². The van der Waals surface area contributed by atoms with Crippen LogP contribution >= 0.6 is 12.4 Å². The maximum atomic E-state index is 11.3. The van der Waals surface area contributed by atoms with Crippen LogP contribution in [0, 0.1) is 5.92 Å². The van der Waals surface area contributed by atoms with E-state index < -0.39 is 0 Å². The van der Waals surface area contributed by atoms with E-state index in [9.17, 15) is 4.79 Å². The van der Waals surface area contributed by atoms with Crippen molar-refractivity contribution in [1.29, 1.82) is 0 Å². The van der Waals surface area contributed by atoms with Gasteiger partial charge in [0, 0.05) is 24.8 Å². The summed E-state index contributed by atoms with van der Waals surface area (Å²) in [7, 11) is 0. The van der Waals surface area contributed by atoms with Crippen molar-refractivity contribution in [2.45, 2.75) is 25.4 Å². The molecule has 2 N–H and O–H groups in total. The fourth-order valence-corrected chi connectivity index (χ4v) is 1.83. The van der Waals surface area contributed by atoms with Gasteiger partial charge in [-0.25, -0.2) is 0 Å². The average molecular weight is 215 g/mol. The highest BCUT2D eigenvalue weighted by Crippen LogP contribution is 2.26. The maximum absolute atomic E-state index is 11.3. The Morgan fingerprint density at radius 2 is 2.14 bits per heavy atom. The standard InChI is InChI=1S/C10H14N2O.ClH/c11-9-5-8(6-9)7-12-4-2-1-3-10(12)13;/h1-4,8-9H,5-7,11H2;1H/t8-,9-;. The first-order valence-electron chi connectivity index (χ1n) is 4.67. The summed E-state index contributed by atoms with van der Waals surface area (Å²) in [5.74, 6) is 0.607. The first-order chi connectivity index (χ1) is 6.25. The highest BCUT2D eigenvalue weighted by atomic mass is 35.5. The molecule has 14 heavy (non-hydrogen) atoms. The zero-order valence-electron chi connectivity index (χ0n) is 7.93. The molecule has 2 rings (SSSR count). The molecule has 0 saturated heterocycles. The van der Waals surface area contributed by atoms with Crippen molar-refractivity contribution < 1.29 is 0 Å². The van der Waals surface area contributed by atoms with E-state index in [1.165, 1.54) is 0 Å². The number of aromatic nitrogens is 1. The molecule has 0 bridgehead atoms. The quantitative estimate of drug-likeness (QED) is 0.799. The molecule has 0 aliphatic heterocycles. The molecule has 1 aliphatic rings. The monoisotopic (exact) mass is 214 g/mol. The van der Waals surface area contributed by atoms with Crippen molar-refractivity contribution in [3.8, 4) is 0 Å². The summed E-state index contributed by atoms with van der Waals surface area (Å²) in [6.45, 7) is 0.827. The summed E-state index contributed by atoms with van der Waals surface area (Å²) in [5, 5.41) is 0. The molecule has 78 valence electrons. The summed E-state index contributed by atoms with van der Waals surface area (Å²) in [6, 6.07) is 5.62. The van der Waals surface area contributed by atoms with Gasteiger partial charge in [-0.1, -0.05) is 6.07 Å². The van der Waals surface area contributed by atoms with E-state index in [0.717, 1.165) is 19.4 Å². The maximum Gasteiger partial charge on any atom is 0.250 e. The van der Waals surface area contributed by atoms with Gasteiger partial charge in [-0.05, 0) is 24.8 Å². The van der Waals surface area contributed by atoms with Crippen LogP contribution in [0.25, 0.3) is 0 Å². The van der Waals surface area contributed by atoms with Gasteiger partial charge < -0.3 is 10.3 Å². The molecule has 1 heterocycles. The fraction of sp³-hybridized carbons (Fsp3) is 0.500. The first-order valence-corrected chi connectivity index (χ1v) is 4.67. The van der Waals surface area contributed by atoms with Crippen molar-refractivity contribution in [3.05, 3.63) is 34.7 Å². The highest BCUT2D eigenvalue weighted by molar-refractivity contribution is 5.85. The minimum atomic E-state index is 0. The third-order valence-corrected chi connectivity index (χ3v) is 2.63. The van der Waals surface area contributed by atoms with Crippen LogP contribution in [0.3, 0.4) is 0 Å². The van der Waals surface area contributed by atoms with Gasteiger partial charge in [0.05, 0.1) is 0 Å². The molecule has 0 aromatic carbocycles. The molecule has 0 radical (unpaired) electrons. The van der Waals surface area contributed by atoms with Gasteiger partial charge in [-0.2, -0.15) is 0 Å². The predicted octanol–water partition coefficient (Wildman–Crippen LogP) is 1.01. The third kappa shape index (κ3) is 2.36. The average Bonchev–Trinajstić information content (AvgIpc) is 2.06. The molecule has 4 heteroatoms. The Morgan fingerprint density at radius 1 is 1.43 bits per heavy atom. The SMILES string of the molecule is Cl.N[C@H]1C[C@H](Cn2ccccc2=O)C1. The van der Waals surface area contributed by atoms with E-state index in [4.69, 9.17) is 5.73 Å². The van der Waals surface area contributed by atoms with Crippen LogP contribution in [0.15, 0.2) is 29.2 Å². The number of hydrogen-bond donors (Lipinski definition) is 1. The van der Waals surface area contributed by atoms with Crippen molar-refractivity contribution >= 4 is 12.4 Å². The van der Waals surface area contributed by atoms with Gasteiger partial charge in [0.15, 0.2) is 0 Å². The molecule has 1 aromatic heterocycles. The summed E-state index contributed by atoms with van der Waals surface area (Å²) in [5.41, 5.74) is 5.76. The zero-order valence-corrected chi connectivity index (χ0v) is 8.74. The molecule has 1 aromatic rings. The number of nitrogens with two attached hydrogens (primary N) is 1. The Hall–Kier alpha value is -0.800. The van der Waals surface area contributed by atoms with Crippen LogP contribution in [-0.2, 0) is 6.54 Å². The molecule has 1 fully saturated rings. The second-order valence-corrected chi connectivity index (χ2v) is 3.79. The van der Waals surface area contributed by atoms with Gasteiger partial charge in [-0.3, -0.25) is 4.79 Å². The van der Waals surface area contributed by atoms with Crippen LogP contribution in [0.2, 0.25) is 0 Å². The number of hydrogen-bond acceptors (Lipinski definition) is 2. The molecule has 3 nitrogen and oxygen atoms in total. The van der Waals surface area contributed by atoms with Crippen LogP contribution in [0.1, 0.15) is 12.8 Å². The van der Waals surface area contributed by atoms with E-state index in [1.54, 1.807) is 16.7 Å². The zero-order chi connectivity index (χ0) is 9.26. The molecule has 1 aliphatic carbocycles. The van der Waals surface area contributed by atoms with Crippen LogP contribution in [-0.4, -0.2) is 10.6 Å². The minimum absolute atomic E-state index is 0. The molecular formula is C10H15ClN2O. The van der Waals surface area contributed by atoms with Gasteiger partial charge in [0.1, 0.15) is 0 Å². The normalized spacial score (nSPS) is 24.9. The lowest BCUT2D eigenvalue weighted by Crippen LogP contribution is -2.39. The van der Waals surface area contributed by atoms with Crippen LogP contribution in [0.4, 0.5) is 0 Å². The second-order valence-electron chi connectivity index (χ2n) is 3.79. The molecule has 0 unspecified atom stereocenters. The number of nitrogens with zero attached hydrogens (tertiary/aromatic N) is 1. The van der Waals surface area contributed by atoms with Crippen LogP contribution < -0.4 is 11.3 Å². The lowest BCUT2D eigenvalue weighted by Gasteiger charge is -2.32. The molecule has 0 amide bonds. The summed E-state index contributed by atoms with van der Waals surface area (Å²) in [4.78, 5) is 11.3. The van der Waals surface area contributed by atoms with E-state index in [0.29, 0.717) is 12.0 Å². The highest BCUT2D eigenvalue weighted by Gasteiger charge is 2.25. The Labute approximate surface area is 89.3 Å². The van der Waals surface area contributed by atoms with E-state index in [-0.39, 0.29) is 18.0 Å². The Balaban J connectivity index is 0.000000980. The third-order valence-electron chi connectivity index (χ3n) is 2.63. The van der Waals surface area contributed by atoms with Crippen molar-refractivity contribution in [2.24, 2.45) is 11.7 Å². The van der Waals surface area contributed by atoms with E-state index in [1.807, 2.05) is 12.3 Å². The van der Waals surface area contributed by atoms with E-state index >= 15 is 0 Å². The predicted molar refractivity (Wildman–Crippen MR) is 58.6 cm³/mol. The summed E-state index contributed by atoms with van der Waals surface area (Å²) in [6.07, 6.45) is 3.95. The van der Waals surface area contributed by atoms with Gasteiger partial charge >= 0.3 is 0 Å². The van der Waals surface area contributed by atoms with E-state index in [2.05, 4.69) is 0 Å². The lowest BCUT2D eigenvalue weighted by atomic mass is 9.81. The summed E-state index contributed by atoms with van der Waals surface area (Å²) >= 11 is 0. The summed E-state index contributed by atoms with van der Waals surface area (Å²) < 4.78 is 1.76. The molecular weight excluding hydrogens is 200 g/mol. The Kier molecular flexibility index (Phi) is 3.72. The fourth-order valence-electron chi connectivity index (χ4n) is 1.83. The number of rotatable bonds is 2. The molecule has 0 atom stereocenters. The Morgan fingerprint density at radius 3 is 2.71 bits per heavy atom. The smallest absolute Gasteiger partial charge is 0.250 e. The van der Waals surface area contributed by atoms with Crippen molar-refractivity contribution in [1.82, 2.24) is 4.57 Å². The van der Waals surface area contributed by atoms with Gasteiger partial charge in [-0.15, -0.1) is 12.4 Å². The number of pyridine rings is 1. The van der Waals surface area contributed by atoms with Crippen molar-refractivity contribution in [3.63, 3.8) is 0 Å². The molecule has 1 saturated carbocycles. The topological polar surface area (TPSA) is 48.0 Å². The molecule has 0 spiro atoms.